The second-order valence-electron chi connectivity index (χ2n) is 18.9. The summed E-state index contributed by atoms with van der Waals surface area (Å²) in [4.78, 5) is 25.7. The van der Waals surface area contributed by atoms with Gasteiger partial charge in [0.25, 0.3) is 0 Å². The van der Waals surface area contributed by atoms with Crippen LogP contribution in [0.25, 0.3) is 0 Å². The van der Waals surface area contributed by atoms with Gasteiger partial charge in [-0.25, -0.2) is 0 Å². The van der Waals surface area contributed by atoms with Gasteiger partial charge in [-0.3, -0.25) is 9.59 Å². The zero-order valence-corrected chi connectivity index (χ0v) is 43.1. The Hall–Kier alpha value is -3.98. The average molecular weight is 861 g/mol. The van der Waals surface area contributed by atoms with E-state index in [0.717, 1.165) is 96.3 Å². The summed E-state index contributed by atoms with van der Waals surface area (Å²) in [6.07, 6.45) is 45.1. The standard InChI is InChI=1S/C60H92O3/c1-15-56-59(62)57(55(13)58(61)60(56)63-14)44-43-54(12)42-24-41-53(11)40-23-39-52(10)38-22-37-51(9)36-21-35-50(8)34-20-33-49(7)32-19-31-48(6)30-18-29-47(5)28-17-27-46(4)26-16-25-45(2)3/h25,27,29,31,33,35,37,39,41,43H,15-24,26,28,30,32,34,36,38,40,42,44H2,1-14H3/b46-27+,47-29+,48-31+,49-33+,50-35+,51-37+,52-39+,53-41+,54-43+. The SMILES string of the molecule is CCC1=C(OC)C(=O)C(C)=C(C/C=C(\C)CC/C=C(\C)CC/C=C(\C)CC/C=C(\C)CC/C=C(\C)CC/C=C(\C)CC/C=C(\C)CC/C=C(\C)CC/C=C(\C)CCC=C(C)C)C1=O. The summed E-state index contributed by atoms with van der Waals surface area (Å²) in [6, 6.07) is 0. The number of ketones is 2. The molecular weight excluding hydrogens is 769 g/mol. The number of hydrogen-bond donors (Lipinski definition) is 0. The average Bonchev–Trinajstić information content (AvgIpc) is 3.21. The van der Waals surface area contributed by atoms with Gasteiger partial charge in [0.15, 0.2) is 11.5 Å². The molecule has 3 heteroatoms. The van der Waals surface area contributed by atoms with Crippen molar-refractivity contribution in [3.05, 3.63) is 139 Å². The van der Waals surface area contributed by atoms with Crippen LogP contribution in [0.1, 0.15) is 218 Å². The summed E-state index contributed by atoms with van der Waals surface area (Å²) in [5.74, 6) is 0.00445. The Balaban J connectivity index is 2.31. The normalized spacial score (nSPS) is 15.9. The summed E-state index contributed by atoms with van der Waals surface area (Å²) in [6.45, 7) is 28.3. The van der Waals surface area contributed by atoms with E-state index in [1.807, 2.05) is 6.92 Å². The van der Waals surface area contributed by atoms with Crippen molar-refractivity contribution in [2.24, 2.45) is 0 Å². The molecule has 3 nitrogen and oxygen atoms in total. The number of allylic oxidation sites excluding steroid dienone is 23. The van der Waals surface area contributed by atoms with E-state index in [-0.39, 0.29) is 17.3 Å². The first-order chi connectivity index (χ1) is 30.0. The molecule has 63 heavy (non-hydrogen) atoms. The number of carbonyl (C=O) groups excluding carboxylic acids is 2. The van der Waals surface area contributed by atoms with Gasteiger partial charge in [-0.05, 0) is 212 Å². The van der Waals surface area contributed by atoms with Gasteiger partial charge in [0, 0.05) is 16.7 Å². The third kappa shape index (κ3) is 26.4. The van der Waals surface area contributed by atoms with Gasteiger partial charge in [-0.15, -0.1) is 0 Å². The molecule has 0 unspecified atom stereocenters. The van der Waals surface area contributed by atoms with Crippen molar-refractivity contribution >= 4 is 11.6 Å². The lowest BCUT2D eigenvalue weighted by molar-refractivity contribution is -0.119. The van der Waals surface area contributed by atoms with Gasteiger partial charge in [0.2, 0.25) is 5.78 Å². The monoisotopic (exact) mass is 861 g/mol. The van der Waals surface area contributed by atoms with Crippen molar-refractivity contribution in [2.45, 2.75) is 218 Å². The van der Waals surface area contributed by atoms with Crippen LogP contribution < -0.4 is 0 Å². The highest BCUT2D eigenvalue weighted by Gasteiger charge is 2.31. The zero-order chi connectivity index (χ0) is 47.2. The largest absolute Gasteiger partial charge is 0.492 e. The first kappa shape index (κ1) is 57.0. The van der Waals surface area contributed by atoms with Crippen LogP contribution in [0.15, 0.2) is 139 Å². The summed E-state index contributed by atoms with van der Waals surface area (Å²) in [5.41, 5.74) is 16.3. The first-order valence-electron chi connectivity index (χ1n) is 24.6. The molecule has 0 saturated heterocycles. The number of carbonyl (C=O) groups is 2. The van der Waals surface area contributed by atoms with Crippen LogP contribution in [0.4, 0.5) is 0 Å². The predicted octanol–water partition coefficient (Wildman–Crippen LogP) is 18.7. The van der Waals surface area contributed by atoms with E-state index in [2.05, 4.69) is 137 Å². The number of rotatable bonds is 31. The quantitative estimate of drug-likeness (QED) is 0.0515. The fraction of sp³-hybridized carbons (Fsp3) is 0.567. The number of methoxy groups -OCH3 is 1. The van der Waals surface area contributed by atoms with Crippen molar-refractivity contribution < 1.29 is 14.3 Å². The molecule has 0 aromatic carbocycles. The topological polar surface area (TPSA) is 43.4 Å². The van der Waals surface area contributed by atoms with E-state index in [0.29, 0.717) is 29.6 Å². The molecule has 0 fully saturated rings. The van der Waals surface area contributed by atoms with Crippen molar-refractivity contribution in [1.82, 2.24) is 0 Å². The van der Waals surface area contributed by atoms with Crippen molar-refractivity contribution in [1.29, 1.82) is 0 Å². The van der Waals surface area contributed by atoms with Crippen LogP contribution in [-0.4, -0.2) is 18.7 Å². The van der Waals surface area contributed by atoms with Crippen LogP contribution in [0.2, 0.25) is 0 Å². The maximum atomic E-state index is 13.0. The highest BCUT2D eigenvalue weighted by Crippen LogP contribution is 2.29. The molecule has 0 N–H and O–H groups in total. The minimum Gasteiger partial charge on any atom is -0.492 e. The Morgan fingerprint density at radius 3 is 0.873 bits per heavy atom. The Kier molecular flexibility index (Phi) is 30.3. The van der Waals surface area contributed by atoms with Gasteiger partial charge in [-0.2, -0.15) is 0 Å². The molecule has 350 valence electrons. The third-order valence-corrected chi connectivity index (χ3v) is 12.4. The maximum Gasteiger partial charge on any atom is 0.224 e. The molecule has 0 atom stereocenters. The minimum atomic E-state index is -0.159. The van der Waals surface area contributed by atoms with Crippen LogP contribution in [0, 0.1) is 0 Å². The Labute approximate surface area is 388 Å². The molecule has 1 aliphatic rings. The fourth-order valence-electron chi connectivity index (χ4n) is 7.84. The van der Waals surface area contributed by atoms with E-state index in [1.54, 1.807) is 6.92 Å². The van der Waals surface area contributed by atoms with E-state index < -0.39 is 0 Å². The fourth-order valence-corrected chi connectivity index (χ4v) is 7.84. The van der Waals surface area contributed by atoms with Gasteiger partial charge < -0.3 is 4.74 Å². The lowest BCUT2D eigenvalue weighted by Gasteiger charge is -2.20. The van der Waals surface area contributed by atoms with Crippen molar-refractivity contribution in [3.8, 4) is 0 Å². The minimum absolute atomic E-state index is 0.0470. The molecule has 0 aliphatic heterocycles. The van der Waals surface area contributed by atoms with Crippen LogP contribution in [0.5, 0.6) is 0 Å². The van der Waals surface area contributed by atoms with Gasteiger partial charge in [0.1, 0.15) is 0 Å². The number of Topliss-reactive ketones (excluding diaryl/α,β-unsaturated/α-hetero) is 2. The molecule has 0 spiro atoms. The summed E-state index contributed by atoms with van der Waals surface area (Å²) < 4.78 is 5.27. The third-order valence-electron chi connectivity index (χ3n) is 12.4. The molecule has 0 aromatic rings. The van der Waals surface area contributed by atoms with E-state index in [1.165, 1.54) is 82.1 Å². The van der Waals surface area contributed by atoms with Crippen molar-refractivity contribution in [3.63, 3.8) is 0 Å². The first-order valence-corrected chi connectivity index (χ1v) is 24.6. The summed E-state index contributed by atoms with van der Waals surface area (Å²) in [7, 11) is 1.46. The molecule has 0 bridgehead atoms. The number of ether oxygens (including phenoxy) is 1. The molecular formula is C60H92O3. The van der Waals surface area contributed by atoms with Crippen LogP contribution in [-0.2, 0) is 14.3 Å². The molecule has 0 heterocycles. The zero-order valence-electron chi connectivity index (χ0n) is 43.1. The van der Waals surface area contributed by atoms with E-state index in [4.69, 9.17) is 4.74 Å². The highest BCUT2D eigenvalue weighted by atomic mass is 16.5. The second-order valence-corrected chi connectivity index (χ2v) is 18.9. The molecule has 0 radical (unpaired) electrons. The predicted molar refractivity (Wildman–Crippen MR) is 278 cm³/mol. The highest BCUT2D eigenvalue weighted by molar-refractivity contribution is 6.24. The molecule has 0 saturated carbocycles. The summed E-state index contributed by atoms with van der Waals surface area (Å²) >= 11 is 0. The molecule has 1 aliphatic carbocycles. The summed E-state index contributed by atoms with van der Waals surface area (Å²) in [5, 5.41) is 0. The van der Waals surface area contributed by atoms with E-state index in [9.17, 15) is 9.59 Å². The van der Waals surface area contributed by atoms with Gasteiger partial charge in [0.05, 0.1) is 7.11 Å². The lowest BCUT2D eigenvalue weighted by atomic mass is 9.85. The lowest BCUT2D eigenvalue weighted by Crippen LogP contribution is -2.23. The maximum absolute atomic E-state index is 13.0. The van der Waals surface area contributed by atoms with E-state index >= 15 is 0 Å². The Bertz CT molecular complexity index is 1840. The van der Waals surface area contributed by atoms with Crippen molar-refractivity contribution in [2.75, 3.05) is 7.11 Å². The number of hydrogen-bond acceptors (Lipinski definition) is 3. The van der Waals surface area contributed by atoms with Gasteiger partial charge in [-0.1, -0.05) is 123 Å². The molecule has 0 amide bonds. The Morgan fingerprint density at radius 1 is 0.381 bits per heavy atom. The second kappa shape index (κ2) is 33.5. The molecule has 0 aromatic heterocycles. The van der Waals surface area contributed by atoms with Gasteiger partial charge >= 0.3 is 0 Å². The molecule has 1 rings (SSSR count). The smallest absolute Gasteiger partial charge is 0.224 e. The Morgan fingerprint density at radius 2 is 0.635 bits per heavy atom. The van der Waals surface area contributed by atoms with Crippen LogP contribution in [0.3, 0.4) is 0 Å². The van der Waals surface area contributed by atoms with Crippen LogP contribution >= 0.6 is 0 Å².